The molecule has 1 fully saturated rings. The third-order valence-electron chi connectivity index (χ3n) is 8.95. The zero-order chi connectivity index (χ0) is 27.3. The molecule has 3 aromatic carbocycles. The zero-order valence-corrected chi connectivity index (χ0v) is 24.8. The Hall–Kier alpha value is -2.12. The Labute approximate surface area is 242 Å². The third-order valence-corrected chi connectivity index (χ3v) is 9.21. The van der Waals surface area contributed by atoms with Crippen LogP contribution < -0.4 is 0 Å². The highest BCUT2D eigenvalue weighted by Crippen LogP contribution is 2.34. The molecule has 3 aromatic rings. The molecular weight excluding hydrogens is 499 g/mol. The molecule has 4 rings (SSSR count). The summed E-state index contributed by atoms with van der Waals surface area (Å²) in [6.07, 6.45) is 19.7. The summed E-state index contributed by atoms with van der Waals surface area (Å²) in [7, 11) is 0. The van der Waals surface area contributed by atoms with Crippen LogP contribution in [0.5, 0.6) is 0 Å². The van der Waals surface area contributed by atoms with E-state index in [0.29, 0.717) is 0 Å². The number of unbranched alkanes of at least 4 members (excludes halogenated alkanes) is 4. The van der Waals surface area contributed by atoms with Gasteiger partial charge in [0.25, 0.3) is 0 Å². The van der Waals surface area contributed by atoms with Gasteiger partial charge >= 0.3 is 0 Å². The van der Waals surface area contributed by atoms with E-state index in [1.165, 1.54) is 100 Å². The van der Waals surface area contributed by atoms with Crippen LogP contribution in [-0.2, 0) is 32.1 Å². The van der Waals surface area contributed by atoms with Crippen molar-refractivity contribution in [1.29, 1.82) is 0 Å². The highest BCUT2D eigenvalue weighted by atomic mass is 35.5. The van der Waals surface area contributed by atoms with Crippen LogP contribution in [0.3, 0.4) is 0 Å². The molecule has 1 saturated carbocycles. The summed E-state index contributed by atoms with van der Waals surface area (Å²) in [5.41, 5.74) is 6.16. The van der Waals surface area contributed by atoms with Crippen LogP contribution in [0.4, 0.5) is 4.39 Å². The van der Waals surface area contributed by atoms with Crippen molar-refractivity contribution >= 4 is 11.6 Å². The Balaban J connectivity index is 1.11. The summed E-state index contributed by atoms with van der Waals surface area (Å²) in [5.74, 6) is 1.62. The Bertz CT molecular complexity index is 1090. The number of aryl methyl sites for hydroxylation is 5. The summed E-state index contributed by atoms with van der Waals surface area (Å²) < 4.78 is 14.8. The Morgan fingerprint density at radius 3 is 1.72 bits per heavy atom. The van der Waals surface area contributed by atoms with Gasteiger partial charge in [0.1, 0.15) is 5.82 Å². The van der Waals surface area contributed by atoms with Crippen LogP contribution in [0.15, 0.2) is 66.7 Å². The number of hydrogen-bond donors (Lipinski definition) is 0. The summed E-state index contributed by atoms with van der Waals surface area (Å²) >= 11 is 5.97. The zero-order valence-electron chi connectivity index (χ0n) is 24.1. The first-order valence-corrected chi connectivity index (χ1v) is 16.1. The van der Waals surface area contributed by atoms with E-state index >= 15 is 0 Å². The molecular formula is C37H48ClF. The highest BCUT2D eigenvalue weighted by molar-refractivity contribution is 6.30. The summed E-state index contributed by atoms with van der Waals surface area (Å²) in [6, 6.07) is 23.2. The van der Waals surface area contributed by atoms with Crippen LogP contribution in [0, 0.1) is 17.7 Å². The lowest BCUT2D eigenvalue weighted by atomic mass is 9.77. The van der Waals surface area contributed by atoms with Crippen molar-refractivity contribution in [3.05, 3.63) is 105 Å². The van der Waals surface area contributed by atoms with E-state index in [1.807, 2.05) is 30.3 Å². The molecule has 0 amide bonds. The molecule has 2 heteroatoms. The van der Waals surface area contributed by atoms with E-state index in [4.69, 9.17) is 11.6 Å². The first kappa shape index (κ1) is 29.9. The third kappa shape index (κ3) is 10.4. The normalized spacial score (nSPS) is 17.4. The molecule has 0 spiro atoms. The van der Waals surface area contributed by atoms with Gasteiger partial charge in [0.2, 0.25) is 0 Å². The molecule has 0 N–H and O–H groups in total. The molecule has 0 atom stereocenters. The van der Waals surface area contributed by atoms with Gasteiger partial charge in [0.05, 0.1) is 0 Å². The van der Waals surface area contributed by atoms with Crippen LogP contribution in [0.25, 0.3) is 0 Å². The molecule has 0 saturated heterocycles. The molecule has 1 aliphatic carbocycles. The van der Waals surface area contributed by atoms with Gasteiger partial charge in [-0.25, -0.2) is 4.39 Å². The predicted molar refractivity (Wildman–Crippen MR) is 166 cm³/mol. The Morgan fingerprint density at radius 1 is 0.590 bits per heavy atom. The minimum absolute atomic E-state index is 0.0508. The molecule has 0 bridgehead atoms. The number of rotatable bonds is 15. The monoisotopic (exact) mass is 546 g/mol. The second kappa shape index (κ2) is 16.2. The minimum atomic E-state index is -0.0508. The van der Waals surface area contributed by atoms with Crippen LogP contribution in [0.2, 0.25) is 5.02 Å². The maximum absolute atomic E-state index is 14.8. The van der Waals surface area contributed by atoms with Crippen molar-refractivity contribution in [1.82, 2.24) is 0 Å². The van der Waals surface area contributed by atoms with Crippen molar-refractivity contribution in [2.24, 2.45) is 11.8 Å². The van der Waals surface area contributed by atoms with E-state index in [-0.39, 0.29) is 5.82 Å². The summed E-state index contributed by atoms with van der Waals surface area (Å²) in [6.45, 7) is 2.28. The molecule has 1 aliphatic rings. The standard InChI is InChI=1S/C37H48ClF/c1-2-3-4-5-6-7-29-8-10-30(11-9-29)12-13-31-14-16-32(17-15-31)18-19-34-21-25-35(37(39)28-34)24-20-33-22-26-36(38)27-23-33/h8-11,21-23,25-28,31-32H,2-7,12-20,24H2,1H3. The molecule has 39 heavy (non-hydrogen) atoms. The second-order valence-corrected chi connectivity index (χ2v) is 12.4. The average molecular weight is 547 g/mol. The maximum atomic E-state index is 14.8. The van der Waals surface area contributed by atoms with Gasteiger partial charge in [-0.1, -0.05) is 118 Å². The van der Waals surface area contributed by atoms with Crippen LogP contribution in [-0.4, -0.2) is 0 Å². The average Bonchev–Trinajstić information content (AvgIpc) is 2.96. The van der Waals surface area contributed by atoms with Gasteiger partial charge < -0.3 is 0 Å². The Kier molecular flexibility index (Phi) is 12.4. The first-order chi connectivity index (χ1) is 19.1. The fourth-order valence-corrected chi connectivity index (χ4v) is 6.36. The SMILES string of the molecule is CCCCCCCc1ccc(CCC2CCC(CCc3ccc(CCc4ccc(Cl)cc4)c(F)c3)CC2)cc1. The van der Waals surface area contributed by atoms with Crippen LogP contribution in [0.1, 0.15) is 105 Å². The predicted octanol–water partition coefficient (Wildman–Crippen LogP) is 11.1. The highest BCUT2D eigenvalue weighted by Gasteiger charge is 2.21. The topological polar surface area (TPSA) is 0 Å². The molecule has 0 aliphatic heterocycles. The molecule has 210 valence electrons. The minimum Gasteiger partial charge on any atom is -0.207 e. The second-order valence-electron chi connectivity index (χ2n) is 12.0. The quantitative estimate of drug-likeness (QED) is 0.166. The van der Waals surface area contributed by atoms with Crippen molar-refractivity contribution in [3.63, 3.8) is 0 Å². The number of hydrogen-bond acceptors (Lipinski definition) is 0. The van der Waals surface area contributed by atoms with Gasteiger partial charge in [0, 0.05) is 5.02 Å². The molecule has 0 nitrogen and oxygen atoms in total. The van der Waals surface area contributed by atoms with E-state index in [0.717, 1.165) is 47.2 Å². The smallest absolute Gasteiger partial charge is 0.126 e. The maximum Gasteiger partial charge on any atom is 0.126 e. The number of halogens is 2. The lowest BCUT2D eigenvalue weighted by Gasteiger charge is -2.28. The van der Waals surface area contributed by atoms with E-state index in [9.17, 15) is 4.39 Å². The summed E-state index contributed by atoms with van der Waals surface area (Å²) in [4.78, 5) is 0. The van der Waals surface area contributed by atoms with Gasteiger partial charge in [-0.2, -0.15) is 0 Å². The van der Waals surface area contributed by atoms with Crippen molar-refractivity contribution < 1.29 is 4.39 Å². The van der Waals surface area contributed by atoms with Gasteiger partial charge in [0.15, 0.2) is 0 Å². The lowest BCUT2D eigenvalue weighted by Crippen LogP contribution is -2.16. The van der Waals surface area contributed by atoms with Crippen molar-refractivity contribution in [2.75, 3.05) is 0 Å². The first-order valence-electron chi connectivity index (χ1n) is 15.7. The van der Waals surface area contributed by atoms with Gasteiger partial charge in [-0.3, -0.25) is 0 Å². The molecule has 0 radical (unpaired) electrons. The molecule has 0 aromatic heterocycles. The number of benzene rings is 3. The van der Waals surface area contributed by atoms with Crippen molar-refractivity contribution in [3.8, 4) is 0 Å². The fraction of sp³-hybridized carbons (Fsp3) is 0.514. The van der Waals surface area contributed by atoms with Gasteiger partial charge in [-0.05, 0) is 109 Å². The van der Waals surface area contributed by atoms with E-state index in [1.54, 1.807) is 6.07 Å². The van der Waals surface area contributed by atoms with Gasteiger partial charge in [-0.15, -0.1) is 0 Å². The van der Waals surface area contributed by atoms with E-state index in [2.05, 4.69) is 37.3 Å². The lowest BCUT2D eigenvalue weighted by molar-refractivity contribution is 0.253. The fourth-order valence-electron chi connectivity index (χ4n) is 6.23. The van der Waals surface area contributed by atoms with E-state index < -0.39 is 0 Å². The largest absolute Gasteiger partial charge is 0.207 e. The Morgan fingerprint density at radius 2 is 1.10 bits per heavy atom. The summed E-state index contributed by atoms with van der Waals surface area (Å²) in [5, 5.41) is 0.743. The molecule has 0 unspecified atom stereocenters. The molecule has 0 heterocycles. The van der Waals surface area contributed by atoms with Crippen LogP contribution >= 0.6 is 11.6 Å². The van der Waals surface area contributed by atoms with Crippen molar-refractivity contribution in [2.45, 2.75) is 110 Å².